The summed E-state index contributed by atoms with van der Waals surface area (Å²) in [7, 11) is -4.38. The lowest BCUT2D eigenvalue weighted by atomic mass is 10.3. The minimum atomic E-state index is -4.68. The molecule has 188 valence electrons. The second kappa shape index (κ2) is 11.1. The Bertz CT molecular complexity index is 1280. The molecule has 3 rings (SSSR count). The van der Waals surface area contributed by atoms with E-state index in [1.165, 1.54) is 23.3 Å². The highest BCUT2D eigenvalue weighted by molar-refractivity contribution is 7.92. The van der Waals surface area contributed by atoms with Crippen molar-refractivity contribution < 1.29 is 31.2 Å². The molecular formula is C19H18ClF3N6O4S2. The fourth-order valence-electron chi connectivity index (χ4n) is 2.75. The zero-order valence-electron chi connectivity index (χ0n) is 18.0. The van der Waals surface area contributed by atoms with E-state index < -0.39 is 45.6 Å². The van der Waals surface area contributed by atoms with Crippen LogP contribution in [-0.4, -0.2) is 64.0 Å². The summed E-state index contributed by atoms with van der Waals surface area (Å²) in [6, 6.07) is 3.36. The van der Waals surface area contributed by atoms with Crippen LogP contribution in [0.2, 0.25) is 5.15 Å². The number of anilines is 1. The van der Waals surface area contributed by atoms with Crippen molar-refractivity contribution in [3.8, 4) is 10.9 Å². The standard InChI is InChI=1S/C19H18ClF3N6O4S2/c1-2-28(15-11-29(26-16(15)20)13-4-3-6-24-10-13)17(30)14(27-33-18-25-7-8-34-18)12-35(31,32)9-5-19(21,22)23/h3-4,6-8,10-11H,2,5,9,12H2,1H3. The number of carbonyl (C=O) groups is 1. The van der Waals surface area contributed by atoms with E-state index in [1.807, 2.05) is 0 Å². The number of rotatable bonds is 10. The third-order valence-electron chi connectivity index (χ3n) is 4.36. The van der Waals surface area contributed by atoms with Gasteiger partial charge in [0.2, 0.25) is 0 Å². The first-order chi connectivity index (χ1) is 16.5. The molecule has 0 aliphatic heterocycles. The Kier molecular flexibility index (Phi) is 8.45. The van der Waals surface area contributed by atoms with Gasteiger partial charge in [-0.2, -0.15) is 18.3 Å². The molecule has 0 fully saturated rings. The molecule has 0 aromatic carbocycles. The maximum atomic E-state index is 13.3. The highest BCUT2D eigenvalue weighted by atomic mass is 35.5. The number of hydrogen-bond acceptors (Lipinski definition) is 9. The Morgan fingerprint density at radius 2 is 2.11 bits per heavy atom. The molecular weight excluding hydrogens is 533 g/mol. The van der Waals surface area contributed by atoms with Crippen molar-refractivity contribution in [1.82, 2.24) is 19.7 Å². The zero-order valence-corrected chi connectivity index (χ0v) is 20.4. The number of pyridine rings is 1. The van der Waals surface area contributed by atoms with Gasteiger partial charge < -0.3 is 9.74 Å². The highest BCUT2D eigenvalue weighted by Gasteiger charge is 2.33. The second-order valence-corrected chi connectivity index (χ2v) is 10.3. The van der Waals surface area contributed by atoms with E-state index in [2.05, 4.69) is 20.2 Å². The molecule has 0 atom stereocenters. The molecule has 0 saturated heterocycles. The normalized spacial score (nSPS) is 12.5. The van der Waals surface area contributed by atoms with Crippen molar-refractivity contribution in [2.45, 2.75) is 19.5 Å². The molecule has 0 saturated carbocycles. The monoisotopic (exact) mass is 550 g/mol. The van der Waals surface area contributed by atoms with Crippen LogP contribution in [0.3, 0.4) is 0 Å². The highest BCUT2D eigenvalue weighted by Crippen LogP contribution is 2.27. The van der Waals surface area contributed by atoms with Crippen LogP contribution in [-0.2, 0) is 14.6 Å². The number of halogens is 4. The molecule has 3 aromatic heterocycles. The van der Waals surface area contributed by atoms with E-state index in [0.29, 0.717) is 5.69 Å². The molecule has 0 radical (unpaired) electrons. The average Bonchev–Trinajstić information content (AvgIpc) is 3.46. The Morgan fingerprint density at radius 3 is 2.71 bits per heavy atom. The van der Waals surface area contributed by atoms with E-state index >= 15 is 0 Å². The smallest absolute Gasteiger partial charge is 0.324 e. The minimum Gasteiger partial charge on any atom is -0.324 e. The summed E-state index contributed by atoms with van der Waals surface area (Å²) in [5, 5.41) is 9.23. The van der Waals surface area contributed by atoms with Gasteiger partial charge in [0, 0.05) is 24.3 Å². The van der Waals surface area contributed by atoms with E-state index in [1.54, 1.807) is 30.6 Å². The number of thiazole rings is 1. The van der Waals surface area contributed by atoms with Gasteiger partial charge in [-0.15, -0.1) is 0 Å². The van der Waals surface area contributed by atoms with Gasteiger partial charge in [0.1, 0.15) is 11.4 Å². The maximum Gasteiger partial charge on any atom is 0.390 e. The fraction of sp³-hybridized carbons (Fsp3) is 0.316. The molecule has 0 aliphatic rings. The molecule has 3 aromatic rings. The Balaban J connectivity index is 1.92. The summed E-state index contributed by atoms with van der Waals surface area (Å²) in [5.41, 5.74) is 0.0203. The van der Waals surface area contributed by atoms with Crippen LogP contribution < -0.4 is 9.74 Å². The predicted molar refractivity (Wildman–Crippen MR) is 124 cm³/mol. The van der Waals surface area contributed by atoms with Crippen molar-refractivity contribution in [2.24, 2.45) is 5.16 Å². The second-order valence-electron chi connectivity index (χ2n) is 6.89. The zero-order chi connectivity index (χ0) is 25.6. The number of amides is 1. The number of alkyl halides is 3. The molecule has 3 heterocycles. The third-order valence-corrected chi connectivity index (χ3v) is 6.81. The van der Waals surface area contributed by atoms with Crippen LogP contribution in [0.4, 0.5) is 18.9 Å². The molecule has 0 aliphatic carbocycles. The number of sulfone groups is 1. The van der Waals surface area contributed by atoms with Crippen LogP contribution in [0.5, 0.6) is 5.19 Å². The van der Waals surface area contributed by atoms with E-state index in [9.17, 15) is 26.4 Å². The van der Waals surface area contributed by atoms with Gasteiger partial charge >= 0.3 is 11.4 Å². The van der Waals surface area contributed by atoms with Gasteiger partial charge in [-0.1, -0.05) is 28.1 Å². The van der Waals surface area contributed by atoms with Crippen molar-refractivity contribution >= 4 is 50.1 Å². The van der Waals surface area contributed by atoms with Gasteiger partial charge in [-0.05, 0) is 19.1 Å². The molecule has 0 bridgehead atoms. The van der Waals surface area contributed by atoms with Gasteiger partial charge in [0.05, 0.1) is 30.3 Å². The van der Waals surface area contributed by atoms with Gasteiger partial charge in [-0.3, -0.25) is 9.78 Å². The first kappa shape index (κ1) is 26.6. The van der Waals surface area contributed by atoms with Crippen LogP contribution in [0.15, 0.2) is 47.5 Å². The average molecular weight is 551 g/mol. The third kappa shape index (κ3) is 7.47. The van der Waals surface area contributed by atoms with Crippen molar-refractivity contribution in [3.63, 3.8) is 0 Å². The topological polar surface area (TPSA) is 120 Å². The lowest BCUT2D eigenvalue weighted by molar-refractivity contribution is -0.129. The Morgan fingerprint density at radius 1 is 1.34 bits per heavy atom. The molecule has 0 N–H and O–H groups in total. The summed E-state index contributed by atoms with van der Waals surface area (Å²) >= 11 is 7.26. The van der Waals surface area contributed by atoms with E-state index in [-0.39, 0.29) is 22.6 Å². The van der Waals surface area contributed by atoms with Crippen molar-refractivity contribution in [1.29, 1.82) is 0 Å². The Hall–Kier alpha value is -3.04. The number of carbonyl (C=O) groups excluding carboxylic acids is 1. The summed E-state index contributed by atoms with van der Waals surface area (Å²) in [6.45, 7) is 1.60. The van der Waals surface area contributed by atoms with Crippen molar-refractivity contribution in [2.75, 3.05) is 23.0 Å². The predicted octanol–water partition coefficient (Wildman–Crippen LogP) is 3.53. The van der Waals surface area contributed by atoms with Crippen molar-refractivity contribution in [3.05, 3.63) is 47.5 Å². The van der Waals surface area contributed by atoms with Gasteiger partial charge in [-0.25, -0.2) is 18.1 Å². The summed E-state index contributed by atoms with van der Waals surface area (Å²) in [5.74, 6) is -3.24. The molecule has 0 unspecified atom stereocenters. The SMILES string of the molecule is CCN(C(=O)C(CS(=O)(=O)CCC(F)(F)F)=NOc1nccs1)c1cn(-c2cccnc2)nc1Cl. The van der Waals surface area contributed by atoms with Gasteiger partial charge in [0.25, 0.3) is 5.91 Å². The number of hydrogen-bond donors (Lipinski definition) is 0. The van der Waals surface area contributed by atoms with Crippen LogP contribution in [0.25, 0.3) is 5.69 Å². The van der Waals surface area contributed by atoms with Crippen LogP contribution >= 0.6 is 22.9 Å². The molecule has 1 amide bonds. The molecule has 16 heteroatoms. The number of aromatic nitrogens is 4. The largest absolute Gasteiger partial charge is 0.390 e. The first-order valence-electron chi connectivity index (χ1n) is 9.87. The summed E-state index contributed by atoms with van der Waals surface area (Å²) in [4.78, 5) is 27.3. The lowest BCUT2D eigenvalue weighted by Crippen LogP contribution is -2.40. The van der Waals surface area contributed by atoms with E-state index in [4.69, 9.17) is 16.4 Å². The fourth-order valence-corrected chi connectivity index (χ4v) is 4.71. The number of oxime groups is 1. The molecule has 35 heavy (non-hydrogen) atoms. The van der Waals surface area contributed by atoms with Gasteiger partial charge in [0.15, 0.2) is 20.7 Å². The van der Waals surface area contributed by atoms with E-state index in [0.717, 1.165) is 16.2 Å². The molecule has 10 nitrogen and oxygen atoms in total. The number of nitrogens with zero attached hydrogens (tertiary/aromatic N) is 6. The first-order valence-corrected chi connectivity index (χ1v) is 12.9. The summed E-state index contributed by atoms with van der Waals surface area (Å²) in [6.07, 6.45) is -0.365. The Labute approximate surface area is 206 Å². The maximum absolute atomic E-state index is 13.3. The summed E-state index contributed by atoms with van der Waals surface area (Å²) < 4.78 is 63.9. The van der Waals surface area contributed by atoms with Crippen LogP contribution in [0, 0.1) is 0 Å². The molecule has 0 spiro atoms. The van der Waals surface area contributed by atoms with Crippen LogP contribution in [0.1, 0.15) is 13.3 Å². The quantitative estimate of drug-likeness (QED) is 0.280. The lowest BCUT2D eigenvalue weighted by Gasteiger charge is -2.20. The minimum absolute atomic E-state index is 0.00784.